The van der Waals surface area contributed by atoms with Crippen LogP contribution in [-0.2, 0) is 6.42 Å². The molecule has 3 heterocycles. The first kappa shape index (κ1) is 18.8. The Kier molecular flexibility index (Phi) is 4.60. The zero-order chi connectivity index (χ0) is 20.1. The number of aryl methyl sites for hydroxylation is 1. The van der Waals surface area contributed by atoms with Gasteiger partial charge in [-0.25, -0.2) is 9.59 Å². The first-order valence-corrected chi connectivity index (χ1v) is 9.37. The number of carbonyl (C=O) groups excluding carboxylic acids is 1. The lowest BCUT2D eigenvalue weighted by atomic mass is 9.70. The largest absolute Gasteiger partial charge is 0.669 e. The van der Waals surface area contributed by atoms with Crippen molar-refractivity contribution in [3.63, 3.8) is 0 Å². The van der Waals surface area contributed by atoms with Crippen LogP contribution in [0, 0.1) is 0 Å². The summed E-state index contributed by atoms with van der Waals surface area (Å²) in [6.45, 7) is -0.612. The summed E-state index contributed by atoms with van der Waals surface area (Å²) in [5.74, 6) is -1.13. The summed E-state index contributed by atoms with van der Waals surface area (Å²) in [5.41, 5.74) is 5.73. The van der Waals surface area contributed by atoms with Crippen LogP contribution >= 0.6 is 0 Å². The molecule has 1 atom stereocenters. The van der Waals surface area contributed by atoms with E-state index in [1.807, 2.05) is 0 Å². The number of benzene rings is 1. The molecule has 28 heavy (non-hydrogen) atoms. The van der Waals surface area contributed by atoms with E-state index in [1.54, 1.807) is 17.0 Å². The number of hydrogen-bond donors (Lipinski definition) is 4. The molecule has 0 bridgehead atoms. The van der Waals surface area contributed by atoms with Gasteiger partial charge in [-0.1, -0.05) is 12.4 Å². The van der Waals surface area contributed by atoms with E-state index in [9.17, 15) is 24.7 Å². The third kappa shape index (κ3) is 3.48. The molecule has 0 radical (unpaired) electrons. The van der Waals surface area contributed by atoms with Gasteiger partial charge in [0.25, 0.3) is 0 Å². The molecule has 1 aromatic rings. The predicted molar refractivity (Wildman–Crippen MR) is 98.3 cm³/mol. The Morgan fingerprint density at radius 2 is 2.00 bits per heavy atom. The molecule has 4 rings (SSSR count). The normalized spacial score (nSPS) is 24.2. The number of fused-ring (bicyclic) bond motifs is 1. The van der Waals surface area contributed by atoms with E-state index >= 15 is 0 Å². The molecule has 5 N–H and O–H groups in total. The van der Waals surface area contributed by atoms with Crippen LogP contribution in [0.3, 0.4) is 0 Å². The number of hydrogen-bond acceptors (Lipinski definition) is 7. The van der Waals surface area contributed by atoms with Crippen molar-refractivity contribution in [1.29, 1.82) is 0 Å². The van der Waals surface area contributed by atoms with E-state index in [-0.39, 0.29) is 35.5 Å². The number of rotatable bonds is 4. The Morgan fingerprint density at radius 1 is 1.25 bits per heavy atom. The molecule has 2 saturated heterocycles. The lowest BCUT2D eigenvalue weighted by molar-refractivity contribution is -0.00641. The number of ether oxygens (including phenoxy) is 1. The third-order valence-electron chi connectivity index (χ3n) is 5.67. The van der Waals surface area contributed by atoms with Crippen LogP contribution in [-0.4, -0.2) is 82.0 Å². The van der Waals surface area contributed by atoms with Crippen molar-refractivity contribution < 1.29 is 34.1 Å². The summed E-state index contributed by atoms with van der Waals surface area (Å²) in [4.78, 5) is 26.8. The summed E-state index contributed by atoms with van der Waals surface area (Å²) in [6.07, 6.45) is 0.992. The van der Waals surface area contributed by atoms with Crippen molar-refractivity contribution in [2.24, 2.45) is 5.73 Å². The van der Waals surface area contributed by atoms with E-state index in [1.165, 1.54) is 0 Å². The van der Waals surface area contributed by atoms with Gasteiger partial charge in [-0.3, -0.25) is 4.90 Å². The number of amides is 2. The van der Waals surface area contributed by atoms with Crippen molar-refractivity contribution in [3.8, 4) is 11.5 Å². The first-order chi connectivity index (χ1) is 13.2. The minimum Gasteiger partial charge on any atom is -0.669 e. The van der Waals surface area contributed by atoms with E-state index in [0.29, 0.717) is 38.2 Å². The van der Waals surface area contributed by atoms with Crippen LogP contribution in [0.5, 0.6) is 11.5 Å². The molecule has 1 aromatic carbocycles. The fraction of sp³-hybridized carbons (Fsp3) is 0.529. The quantitative estimate of drug-likeness (QED) is 0.500. The van der Waals surface area contributed by atoms with Gasteiger partial charge in [-0.15, -0.1) is 0 Å². The number of nitrogens with two attached hydrogens (primary N) is 1. The van der Waals surface area contributed by atoms with Crippen LogP contribution in [0.25, 0.3) is 0 Å². The Labute approximate surface area is 161 Å². The molecule has 0 saturated carbocycles. The predicted octanol–water partition coefficient (Wildman–Crippen LogP) is -0.541. The van der Waals surface area contributed by atoms with Gasteiger partial charge in [-0.05, 0) is 24.5 Å². The van der Waals surface area contributed by atoms with E-state index in [2.05, 4.69) is 4.90 Å². The molecule has 2 fully saturated rings. The van der Waals surface area contributed by atoms with Gasteiger partial charge in [0.15, 0.2) is 0 Å². The zero-order valence-electron chi connectivity index (χ0n) is 15.3. The topological polar surface area (TPSA) is 146 Å². The summed E-state index contributed by atoms with van der Waals surface area (Å²) < 4.78 is 11.1. The molecular weight excluding hydrogens is 369 g/mol. The molecule has 0 unspecified atom stereocenters. The smallest absolute Gasteiger partial charge is 0.430 e. The molecule has 11 heteroatoms. The van der Waals surface area contributed by atoms with E-state index in [4.69, 9.17) is 15.1 Å². The highest BCUT2D eigenvalue weighted by atomic mass is 16.6. The fourth-order valence-electron chi connectivity index (χ4n) is 4.09. The van der Waals surface area contributed by atoms with Gasteiger partial charge in [0.1, 0.15) is 17.4 Å². The van der Waals surface area contributed by atoms with Crippen molar-refractivity contribution >= 4 is 18.8 Å². The fourth-order valence-corrected chi connectivity index (χ4v) is 4.09. The Bertz CT molecular complexity index is 812. The highest BCUT2D eigenvalue weighted by molar-refractivity contribution is 6.59. The average Bonchev–Trinajstić information content (AvgIpc) is 3.05. The van der Waals surface area contributed by atoms with Gasteiger partial charge in [-0.2, -0.15) is 0 Å². The molecule has 10 nitrogen and oxygen atoms in total. The minimum atomic E-state index is -3.07. The maximum atomic E-state index is 11.8. The molecule has 0 spiro atoms. The second kappa shape index (κ2) is 6.84. The van der Waals surface area contributed by atoms with Gasteiger partial charge in [0, 0.05) is 32.2 Å². The summed E-state index contributed by atoms with van der Waals surface area (Å²) >= 11 is 0. The number of carbonyl (C=O) groups is 2. The SMILES string of the molecule is NC(=O)N1CC[C@H](N2CC(Oc3ccc4c(c3C(=O)O)O[B-](O)(O)CC4)C2)C1. The average molecular weight is 392 g/mol. The van der Waals surface area contributed by atoms with Crippen molar-refractivity contribution in [2.45, 2.75) is 31.3 Å². The lowest BCUT2D eigenvalue weighted by Crippen LogP contribution is -2.58. The number of likely N-dealkylation sites (tertiary alicyclic amines) is 2. The molecule has 152 valence electrons. The highest BCUT2D eigenvalue weighted by Gasteiger charge is 2.39. The maximum Gasteiger partial charge on any atom is 0.430 e. The van der Waals surface area contributed by atoms with Crippen LogP contribution in [0.2, 0.25) is 6.32 Å². The minimum absolute atomic E-state index is 0.0214. The van der Waals surface area contributed by atoms with Crippen LogP contribution < -0.4 is 15.1 Å². The highest BCUT2D eigenvalue weighted by Crippen LogP contribution is 2.39. The monoisotopic (exact) mass is 392 g/mol. The maximum absolute atomic E-state index is 11.8. The Morgan fingerprint density at radius 3 is 2.64 bits per heavy atom. The first-order valence-electron chi connectivity index (χ1n) is 9.37. The number of aromatic carboxylic acids is 1. The Hall–Kier alpha value is -2.50. The van der Waals surface area contributed by atoms with Crippen LogP contribution in [0.4, 0.5) is 4.79 Å². The number of primary amides is 1. The second-order valence-electron chi connectivity index (χ2n) is 7.67. The molecule has 0 aromatic heterocycles. The lowest BCUT2D eigenvalue weighted by Gasteiger charge is -2.43. The van der Waals surface area contributed by atoms with Crippen molar-refractivity contribution in [2.75, 3.05) is 26.2 Å². The third-order valence-corrected chi connectivity index (χ3v) is 5.67. The molecular formula is C17H23BN3O7-. The van der Waals surface area contributed by atoms with Gasteiger partial charge < -0.3 is 35.2 Å². The summed E-state index contributed by atoms with van der Waals surface area (Å²) in [7, 11) is 0. The number of carboxylic acids is 1. The summed E-state index contributed by atoms with van der Waals surface area (Å²) in [6, 6.07) is 3.10. The van der Waals surface area contributed by atoms with E-state index in [0.717, 1.165) is 6.42 Å². The number of carboxylic acid groups (broad SMARTS) is 1. The molecule has 2 amide bonds. The van der Waals surface area contributed by atoms with Gasteiger partial charge in [0.05, 0.1) is 5.75 Å². The molecule has 0 aliphatic carbocycles. The number of urea groups is 1. The van der Waals surface area contributed by atoms with E-state index < -0.39 is 18.8 Å². The number of nitrogens with zero attached hydrogens (tertiary/aromatic N) is 2. The molecule has 3 aliphatic heterocycles. The standard InChI is InChI=1S/C17H23BN3O7/c19-17(24)20-6-4-11(7-20)21-8-12(9-21)27-13-2-1-10-3-5-18(25,26)28-15(10)14(13)16(22)23/h1-2,11-12,25-26H,3-9H2,(H2,19,24)(H,22,23)/q-1/t11-/m0/s1. The van der Waals surface area contributed by atoms with Crippen molar-refractivity contribution in [3.05, 3.63) is 23.3 Å². The Balaban J connectivity index is 1.44. The van der Waals surface area contributed by atoms with Crippen LogP contribution in [0.1, 0.15) is 22.3 Å². The zero-order valence-corrected chi connectivity index (χ0v) is 15.3. The van der Waals surface area contributed by atoms with Crippen molar-refractivity contribution in [1.82, 2.24) is 9.80 Å². The van der Waals surface area contributed by atoms with Crippen LogP contribution in [0.15, 0.2) is 12.1 Å². The van der Waals surface area contributed by atoms with Gasteiger partial charge >= 0.3 is 18.8 Å². The molecule has 3 aliphatic rings. The summed E-state index contributed by atoms with van der Waals surface area (Å²) in [5, 5.41) is 29.2. The second-order valence-corrected chi connectivity index (χ2v) is 7.67. The van der Waals surface area contributed by atoms with Gasteiger partial charge in [0.2, 0.25) is 0 Å².